The van der Waals surface area contributed by atoms with Crippen molar-refractivity contribution in [2.24, 2.45) is 0 Å². The largest absolute Gasteiger partial charge is 0.419 e. The van der Waals surface area contributed by atoms with Gasteiger partial charge in [-0.1, -0.05) is 19.1 Å². The number of para-hydroxylation sites is 2. The minimum atomic E-state index is -0.524. The standard InChI is InChI=1S/C14H18N2O3/c1-2-14(18)9-15(10-14)7-8-16-11-5-3-4-6-12(11)19-13(16)17/h3-6,18H,2,7-10H2,1H3. The van der Waals surface area contributed by atoms with Crippen LogP contribution in [-0.4, -0.2) is 39.8 Å². The van der Waals surface area contributed by atoms with E-state index in [1.165, 1.54) is 0 Å². The fourth-order valence-corrected chi connectivity index (χ4v) is 2.63. The zero-order valence-electron chi connectivity index (χ0n) is 11.0. The molecule has 0 saturated carbocycles. The number of benzene rings is 1. The van der Waals surface area contributed by atoms with Gasteiger partial charge in [-0.2, -0.15) is 0 Å². The van der Waals surface area contributed by atoms with Crippen LogP contribution in [0, 0.1) is 0 Å². The van der Waals surface area contributed by atoms with E-state index >= 15 is 0 Å². The van der Waals surface area contributed by atoms with Gasteiger partial charge in [0, 0.05) is 26.2 Å². The monoisotopic (exact) mass is 262 g/mol. The molecule has 0 radical (unpaired) electrons. The molecule has 1 aromatic heterocycles. The van der Waals surface area contributed by atoms with Crippen LogP contribution in [0.2, 0.25) is 0 Å². The summed E-state index contributed by atoms with van der Waals surface area (Å²) in [4.78, 5) is 13.9. The minimum absolute atomic E-state index is 0.313. The third-order valence-corrected chi connectivity index (χ3v) is 3.91. The van der Waals surface area contributed by atoms with Gasteiger partial charge in [0.15, 0.2) is 5.58 Å². The van der Waals surface area contributed by atoms with Crippen molar-refractivity contribution in [1.29, 1.82) is 0 Å². The molecule has 0 spiro atoms. The Morgan fingerprint density at radius 3 is 2.79 bits per heavy atom. The fraction of sp³-hybridized carbons (Fsp3) is 0.500. The summed E-state index contributed by atoms with van der Waals surface area (Å²) in [6.45, 7) is 4.72. The van der Waals surface area contributed by atoms with E-state index < -0.39 is 5.60 Å². The lowest BCUT2D eigenvalue weighted by Gasteiger charge is -2.46. The van der Waals surface area contributed by atoms with Crippen molar-refractivity contribution in [3.63, 3.8) is 0 Å². The Morgan fingerprint density at radius 1 is 1.32 bits per heavy atom. The van der Waals surface area contributed by atoms with Crippen molar-refractivity contribution in [3.05, 3.63) is 34.8 Å². The van der Waals surface area contributed by atoms with Gasteiger partial charge in [0.05, 0.1) is 11.1 Å². The molecule has 0 atom stereocenters. The van der Waals surface area contributed by atoms with Crippen molar-refractivity contribution < 1.29 is 9.52 Å². The number of likely N-dealkylation sites (tertiary alicyclic amines) is 1. The third-order valence-electron chi connectivity index (χ3n) is 3.91. The van der Waals surface area contributed by atoms with Crippen molar-refractivity contribution in [3.8, 4) is 0 Å². The maximum atomic E-state index is 11.8. The molecule has 0 unspecified atom stereocenters. The zero-order valence-corrected chi connectivity index (χ0v) is 11.0. The number of fused-ring (bicyclic) bond motifs is 1. The highest BCUT2D eigenvalue weighted by atomic mass is 16.4. The first kappa shape index (κ1) is 12.4. The Hall–Kier alpha value is -1.59. The average Bonchev–Trinajstić information content (AvgIpc) is 2.69. The Bertz CT molecular complexity index is 637. The number of hydrogen-bond donors (Lipinski definition) is 1. The highest BCUT2D eigenvalue weighted by Crippen LogP contribution is 2.23. The number of rotatable bonds is 4. The number of oxazole rings is 1. The van der Waals surface area contributed by atoms with Gasteiger partial charge in [0.25, 0.3) is 0 Å². The van der Waals surface area contributed by atoms with E-state index in [0.717, 1.165) is 18.5 Å². The first-order valence-electron chi connectivity index (χ1n) is 6.64. The second-order valence-electron chi connectivity index (χ2n) is 5.28. The lowest BCUT2D eigenvalue weighted by atomic mass is 9.91. The van der Waals surface area contributed by atoms with E-state index in [0.29, 0.717) is 25.2 Å². The number of nitrogens with zero attached hydrogens (tertiary/aromatic N) is 2. The third kappa shape index (κ3) is 2.19. The molecule has 0 aliphatic carbocycles. The van der Waals surface area contributed by atoms with Crippen LogP contribution in [0.15, 0.2) is 33.5 Å². The maximum Gasteiger partial charge on any atom is 0.419 e. The highest BCUT2D eigenvalue weighted by Gasteiger charge is 2.38. The second-order valence-corrected chi connectivity index (χ2v) is 5.28. The molecule has 1 saturated heterocycles. The average molecular weight is 262 g/mol. The number of aliphatic hydroxyl groups is 1. The lowest BCUT2D eigenvalue weighted by Crippen LogP contribution is -2.61. The summed E-state index contributed by atoms with van der Waals surface area (Å²) < 4.78 is 6.84. The molecule has 1 aliphatic heterocycles. The number of hydrogen-bond acceptors (Lipinski definition) is 4. The molecule has 3 rings (SSSR count). The van der Waals surface area contributed by atoms with Gasteiger partial charge in [0.2, 0.25) is 0 Å². The molecular formula is C14H18N2O3. The van der Waals surface area contributed by atoms with Crippen LogP contribution < -0.4 is 5.76 Å². The van der Waals surface area contributed by atoms with Crippen LogP contribution in [0.4, 0.5) is 0 Å². The van der Waals surface area contributed by atoms with Crippen molar-refractivity contribution in [2.45, 2.75) is 25.5 Å². The Kier molecular flexibility index (Phi) is 2.95. The molecule has 2 heterocycles. The summed E-state index contributed by atoms with van der Waals surface area (Å²) in [7, 11) is 0. The van der Waals surface area contributed by atoms with Gasteiger partial charge >= 0.3 is 5.76 Å². The van der Waals surface area contributed by atoms with E-state index in [2.05, 4.69) is 4.90 Å². The number of aromatic nitrogens is 1. The summed E-state index contributed by atoms with van der Waals surface area (Å²) in [5.41, 5.74) is 0.934. The van der Waals surface area contributed by atoms with Crippen molar-refractivity contribution in [2.75, 3.05) is 19.6 Å². The zero-order chi connectivity index (χ0) is 13.5. The summed E-state index contributed by atoms with van der Waals surface area (Å²) >= 11 is 0. The van der Waals surface area contributed by atoms with Crippen molar-refractivity contribution in [1.82, 2.24) is 9.47 Å². The number of β-amino-alcohol motifs (C(OH)–C–C–N with tert-alkyl or cyclic N) is 1. The second kappa shape index (κ2) is 4.51. The molecule has 1 fully saturated rings. The summed E-state index contributed by atoms with van der Waals surface area (Å²) in [6, 6.07) is 7.44. The van der Waals surface area contributed by atoms with Crippen molar-refractivity contribution >= 4 is 11.1 Å². The van der Waals surface area contributed by atoms with E-state index in [9.17, 15) is 9.90 Å². The van der Waals surface area contributed by atoms with Gasteiger partial charge in [-0.3, -0.25) is 9.47 Å². The van der Waals surface area contributed by atoms with Gasteiger partial charge < -0.3 is 9.52 Å². The molecule has 2 aromatic rings. The van der Waals surface area contributed by atoms with E-state index in [1.54, 1.807) is 10.6 Å². The summed E-state index contributed by atoms with van der Waals surface area (Å²) in [5, 5.41) is 9.94. The molecule has 1 aromatic carbocycles. The van der Waals surface area contributed by atoms with Gasteiger partial charge in [-0.25, -0.2) is 4.79 Å². The predicted octanol–water partition coefficient (Wildman–Crippen LogP) is 1.05. The van der Waals surface area contributed by atoms with Gasteiger partial charge in [-0.05, 0) is 18.6 Å². The van der Waals surface area contributed by atoms with Crippen LogP contribution in [0.3, 0.4) is 0 Å². The molecule has 1 aliphatic rings. The maximum absolute atomic E-state index is 11.8. The van der Waals surface area contributed by atoms with E-state index in [1.807, 2.05) is 25.1 Å². The SMILES string of the molecule is CCC1(O)CN(CCn2c(=O)oc3ccccc32)C1. The lowest BCUT2D eigenvalue weighted by molar-refractivity contribution is -0.100. The summed E-state index contributed by atoms with van der Waals surface area (Å²) in [5.74, 6) is -0.313. The van der Waals surface area contributed by atoms with Gasteiger partial charge in [0.1, 0.15) is 0 Å². The van der Waals surface area contributed by atoms with Crippen LogP contribution in [-0.2, 0) is 6.54 Å². The predicted molar refractivity (Wildman–Crippen MR) is 72.2 cm³/mol. The van der Waals surface area contributed by atoms with Crippen LogP contribution in [0.1, 0.15) is 13.3 Å². The normalized spacial score (nSPS) is 18.6. The van der Waals surface area contributed by atoms with Gasteiger partial charge in [-0.15, -0.1) is 0 Å². The molecule has 1 N–H and O–H groups in total. The smallest absolute Gasteiger partial charge is 0.408 e. The quantitative estimate of drug-likeness (QED) is 0.895. The topological polar surface area (TPSA) is 58.6 Å². The Labute approximate surface area is 111 Å². The van der Waals surface area contributed by atoms with Crippen LogP contribution in [0.25, 0.3) is 11.1 Å². The van der Waals surface area contributed by atoms with E-state index in [-0.39, 0.29) is 5.76 Å². The minimum Gasteiger partial charge on any atom is -0.408 e. The van der Waals surface area contributed by atoms with Crippen LogP contribution in [0.5, 0.6) is 0 Å². The highest BCUT2D eigenvalue weighted by molar-refractivity contribution is 5.72. The molecule has 0 amide bonds. The van der Waals surface area contributed by atoms with Crippen LogP contribution >= 0.6 is 0 Å². The fourth-order valence-electron chi connectivity index (χ4n) is 2.63. The Balaban J connectivity index is 1.70. The first-order valence-corrected chi connectivity index (χ1v) is 6.64. The first-order chi connectivity index (χ1) is 9.11. The molecule has 5 nitrogen and oxygen atoms in total. The molecule has 0 bridgehead atoms. The molecule has 5 heteroatoms. The Morgan fingerprint density at radius 2 is 2.05 bits per heavy atom. The molecule has 19 heavy (non-hydrogen) atoms. The molecular weight excluding hydrogens is 244 g/mol. The molecule has 102 valence electrons. The van der Waals surface area contributed by atoms with E-state index in [4.69, 9.17) is 4.42 Å². The summed E-state index contributed by atoms with van der Waals surface area (Å²) in [6.07, 6.45) is 0.776.